The average Bonchev–Trinajstić information content (AvgIpc) is 2.12. The molecular formula is C4H5LiO3S. The van der Waals surface area contributed by atoms with Crippen molar-refractivity contribution >= 4 is 11.1 Å². The molecule has 0 aliphatic rings. The van der Waals surface area contributed by atoms with Crippen molar-refractivity contribution < 1.29 is 33.5 Å². The van der Waals surface area contributed by atoms with Gasteiger partial charge >= 0.3 is 18.9 Å². The predicted molar refractivity (Wildman–Crippen MR) is 28.9 cm³/mol. The van der Waals surface area contributed by atoms with Crippen molar-refractivity contribution in [1.29, 1.82) is 0 Å². The molecule has 1 aromatic rings. The van der Waals surface area contributed by atoms with E-state index in [-0.39, 0.29) is 25.4 Å². The minimum atomic E-state index is -1.96. The predicted octanol–water partition coefficient (Wildman–Crippen LogP) is -2.02. The van der Waals surface area contributed by atoms with Gasteiger partial charge in [-0.3, -0.25) is 4.55 Å². The molecule has 0 fully saturated rings. The van der Waals surface area contributed by atoms with Crippen LogP contribution < -0.4 is 18.9 Å². The van der Waals surface area contributed by atoms with Gasteiger partial charge in [-0.05, 0) is 12.1 Å². The summed E-state index contributed by atoms with van der Waals surface area (Å²) in [5.74, 6) is 0. The number of furan rings is 1. The molecule has 0 aromatic carbocycles. The zero-order valence-electron chi connectivity index (χ0n) is 5.90. The summed E-state index contributed by atoms with van der Waals surface area (Å²) in [4.78, 5) is 0. The summed E-state index contributed by atoms with van der Waals surface area (Å²) in [5, 5.41) is 0.0880. The van der Waals surface area contributed by atoms with E-state index in [1.54, 1.807) is 6.07 Å². The molecule has 1 atom stereocenters. The fourth-order valence-electron chi connectivity index (χ4n) is 0.363. The first-order valence-electron chi connectivity index (χ1n) is 1.95. The number of rotatable bonds is 1. The normalized spacial score (nSPS) is 12.1. The molecule has 0 saturated heterocycles. The maximum absolute atomic E-state index is 10.1. The fourth-order valence-corrected chi connectivity index (χ4v) is 0.696. The zero-order valence-corrected chi connectivity index (χ0v) is 5.72. The van der Waals surface area contributed by atoms with Crippen molar-refractivity contribution in [3.8, 4) is 0 Å². The van der Waals surface area contributed by atoms with E-state index in [1.807, 2.05) is 0 Å². The van der Waals surface area contributed by atoms with Gasteiger partial charge in [0.05, 0.1) is 6.26 Å². The van der Waals surface area contributed by atoms with Gasteiger partial charge in [0.2, 0.25) is 16.2 Å². The van der Waals surface area contributed by atoms with E-state index in [0.717, 1.165) is 0 Å². The Morgan fingerprint density at radius 3 is 2.67 bits per heavy atom. The Morgan fingerprint density at radius 2 is 2.44 bits per heavy atom. The van der Waals surface area contributed by atoms with E-state index in [1.165, 1.54) is 12.3 Å². The van der Waals surface area contributed by atoms with Crippen molar-refractivity contribution in [2.45, 2.75) is 5.09 Å². The summed E-state index contributed by atoms with van der Waals surface area (Å²) in [6.07, 6.45) is 1.35. The SMILES string of the molecule is O=S(O)c1ccco1.[H-].[Li+]. The van der Waals surface area contributed by atoms with Crippen molar-refractivity contribution in [3.05, 3.63) is 18.4 Å². The van der Waals surface area contributed by atoms with Crippen LogP contribution >= 0.6 is 0 Å². The fraction of sp³-hybridized carbons (Fsp3) is 0. The third-order valence-corrected chi connectivity index (χ3v) is 1.24. The smallest absolute Gasteiger partial charge is 1.00 e. The van der Waals surface area contributed by atoms with Crippen molar-refractivity contribution in [2.75, 3.05) is 0 Å². The maximum Gasteiger partial charge on any atom is 1.00 e. The van der Waals surface area contributed by atoms with E-state index < -0.39 is 11.1 Å². The molecule has 0 aliphatic carbocycles. The Bertz CT molecular complexity index is 188. The van der Waals surface area contributed by atoms with Crippen LogP contribution in [-0.4, -0.2) is 8.76 Å². The molecule has 0 bridgehead atoms. The molecule has 9 heavy (non-hydrogen) atoms. The average molecular weight is 140 g/mol. The maximum atomic E-state index is 10.1. The topological polar surface area (TPSA) is 50.4 Å². The van der Waals surface area contributed by atoms with E-state index in [4.69, 9.17) is 4.55 Å². The second kappa shape index (κ2) is 3.91. The molecule has 1 heterocycles. The van der Waals surface area contributed by atoms with Crippen LogP contribution in [0.15, 0.2) is 27.9 Å². The molecule has 46 valence electrons. The second-order valence-electron chi connectivity index (χ2n) is 1.18. The van der Waals surface area contributed by atoms with Crippen LogP contribution in [0.3, 0.4) is 0 Å². The van der Waals surface area contributed by atoms with Crippen LogP contribution in [0.2, 0.25) is 0 Å². The third-order valence-electron chi connectivity index (χ3n) is 0.667. The molecule has 3 nitrogen and oxygen atoms in total. The Labute approximate surface area is 68.4 Å². The van der Waals surface area contributed by atoms with Crippen LogP contribution in [0.5, 0.6) is 0 Å². The quantitative estimate of drug-likeness (QED) is 0.362. The molecule has 0 saturated carbocycles. The zero-order chi connectivity index (χ0) is 5.98. The molecule has 0 radical (unpaired) electrons. The third kappa shape index (κ3) is 2.37. The van der Waals surface area contributed by atoms with E-state index in [0.29, 0.717) is 0 Å². The first-order valence-corrected chi connectivity index (χ1v) is 3.06. The Morgan fingerprint density at radius 1 is 1.78 bits per heavy atom. The van der Waals surface area contributed by atoms with E-state index >= 15 is 0 Å². The van der Waals surface area contributed by atoms with Crippen molar-refractivity contribution in [2.24, 2.45) is 0 Å². The largest absolute Gasteiger partial charge is 1.00 e. The number of hydrogen-bond acceptors (Lipinski definition) is 2. The van der Waals surface area contributed by atoms with Crippen LogP contribution in [0, 0.1) is 0 Å². The van der Waals surface area contributed by atoms with Crippen LogP contribution in [0.25, 0.3) is 0 Å². The van der Waals surface area contributed by atoms with Gasteiger partial charge in [-0.15, -0.1) is 0 Å². The molecule has 1 unspecified atom stereocenters. The molecule has 0 spiro atoms. The minimum Gasteiger partial charge on any atom is -1.00 e. The molecule has 1 aromatic heterocycles. The van der Waals surface area contributed by atoms with Crippen molar-refractivity contribution in [1.82, 2.24) is 0 Å². The summed E-state index contributed by atoms with van der Waals surface area (Å²) in [7, 11) is 0. The summed E-state index contributed by atoms with van der Waals surface area (Å²) in [6.45, 7) is 0. The van der Waals surface area contributed by atoms with Gasteiger partial charge in [-0.2, -0.15) is 0 Å². The van der Waals surface area contributed by atoms with Gasteiger partial charge in [0.15, 0.2) is 0 Å². The van der Waals surface area contributed by atoms with Gasteiger partial charge in [0, 0.05) is 0 Å². The van der Waals surface area contributed by atoms with Crippen LogP contribution in [0.4, 0.5) is 0 Å². The van der Waals surface area contributed by atoms with Crippen molar-refractivity contribution in [3.63, 3.8) is 0 Å². The summed E-state index contributed by atoms with van der Waals surface area (Å²) in [6, 6.07) is 3.00. The van der Waals surface area contributed by atoms with Crippen LogP contribution in [0.1, 0.15) is 1.43 Å². The minimum absolute atomic E-state index is 0. The summed E-state index contributed by atoms with van der Waals surface area (Å²) < 4.78 is 22.9. The first kappa shape index (κ1) is 8.99. The van der Waals surface area contributed by atoms with Gasteiger partial charge in [-0.25, -0.2) is 4.21 Å². The standard InChI is InChI=1S/C4H4O3S.Li.H/c5-8(6)4-2-1-3-7-4;;/h1-3H,(H,5,6);;/q;+1;-1. The Hall–Kier alpha value is -0.0126. The summed E-state index contributed by atoms with van der Waals surface area (Å²) >= 11 is -1.96. The monoisotopic (exact) mass is 140 g/mol. The Balaban J connectivity index is 0. The Kier molecular flexibility index (Phi) is 3.90. The molecular weight excluding hydrogens is 135 g/mol. The van der Waals surface area contributed by atoms with Gasteiger partial charge < -0.3 is 5.84 Å². The molecule has 0 aliphatic heterocycles. The molecule has 1 rings (SSSR count). The van der Waals surface area contributed by atoms with Gasteiger partial charge in [-0.1, -0.05) is 0 Å². The first-order chi connectivity index (χ1) is 3.80. The molecule has 5 heteroatoms. The molecule has 1 N–H and O–H groups in total. The van der Waals surface area contributed by atoms with Gasteiger partial charge in [0.1, 0.15) is 0 Å². The molecule has 0 amide bonds. The summed E-state index contributed by atoms with van der Waals surface area (Å²) in [5.41, 5.74) is 0. The van der Waals surface area contributed by atoms with E-state index in [9.17, 15) is 4.21 Å². The second-order valence-corrected chi connectivity index (χ2v) is 2.08. The van der Waals surface area contributed by atoms with Crippen LogP contribution in [-0.2, 0) is 11.1 Å². The van der Waals surface area contributed by atoms with E-state index in [2.05, 4.69) is 4.42 Å². The van der Waals surface area contributed by atoms with Gasteiger partial charge in [0.25, 0.3) is 0 Å². The number of hydrogen-bond donors (Lipinski definition) is 1.